The number of nitrogens with one attached hydrogen (secondary N) is 1. The van der Waals surface area contributed by atoms with Gasteiger partial charge in [0.1, 0.15) is 0 Å². The van der Waals surface area contributed by atoms with E-state index in [9.17, 15) is 4.79 Å². The molecule has 0 bridgehead atoms. The lowest BCUT2D eigenvalue weighted by molar-refractivity contribution is -0.116. The maximum Gasteiger partial charge on any atom is 0.224 e. The number of amides is 1. The Bertz CT molecular complexity index is 599. The molecule has 1 amide bonds. The van der Waals surface area contributed by atoms with Gasteiger partial charge in [-0.25, -0.2) is 4.98 Å². The van der Waals surface area contributed by atoms with Crippen molar-refractivity contribution in [1.82, 2.24) is 4.98 Å². The predicted molar refractivity (Wildman–Crippen MR) is 83.8 cm³/mol. The molecule has 1 aromatic carbocycles. The molecular formula is C16H17ClN2O2. The van der Waals surface area contributed by atoms with Gasteiger partial charge in [0.2, 0.25) is 11.8 Å². The van der Waals surface area contributed by atoms with E-state index in [1.54, 1.807) is 25.4 Å². The topological polar surface area (TPSA) is 51.2 Å². The van der Waals surface area contributed by atoms with Crippen molar-refractivity contribution in [3.63, 3.8) is 0 Å². The fraction of sp³-hybridized carbons (Fsp3) is 0.250. The Labute approximate surface area is 129 Å². The van der Waals surface area contributed by atoms with Crippen LogP contribution in [0.1, 0.15) is 18.4 Å². The zero-order valence-corrected chi connectivity index (χ0v) is 12.6. The molecule has 110 valence electrons. The van der Waals surface area contributed by atoms with Crippen molar-refractivity contribution in [2.24, 2.45) is 0 Å². The van der Waals surface area contributed by atoms with Crippen LogP contribution in [0, 0.1) is 0 Å². The molecule has 0 saturated heterocycles. The van der Waals surface area contributed by atoms with Crippen LogP contribution in [0.25, 0.3) is 0 Å². The van der Waals surface area contributed by atoms with Crippen molar-refractivity contribution in [1.29, 1.82) is 0 Å². The Balaban J connectivity index is 1.76. The standard InChI is InChI=1S/C16H17ClN2O2/c1-21-16-9-8-14(11-18-16)19-15(20)7-3-5-12-4-2-6-13(17)10-12/h2,4,6,8-11H,3,5,7H2,1H3,(H,19,20). The minimum absolute atomic E-state index is 0.0241. The monoisotopic (exact) mass is 304 g/mol. The van der Waals surface area contributed by atoms with Crippen LogP contribution in [0.4, 0.5) is 5.69 Å². The summed E-state index contributed by atoms with van der Waals surface area (Å²) in [6.07, 6.45) is 3.64. The molecule has 0 aliphatic heterocycles. The van der Waals surface area contributed by atoms with E-state index < -0.39 is 0 Å². The van der Waals surface area contributed by atoms with E-state index in [2.05, 4.69) is 10.3 Å². The van der Waals surface area contributed by atoms with Crippen LogP contribution in [-0.2, 0) is 11.2 Å². The van der Waals surface area contributed by atoms with E-state index in [0.29, 0.717) is 18.0 Å². The van der Waals surface area contributed by atoms with E-state index >= 15 is 0 Å². The molecule has 1 aromatic heterocycles. The van der Waals surface area contributed by atoms with E-state index in [1.165, 1.54) is 0 Å². The van der Waals surface area contributed by atoms with Crippen LogP contribution in [0.5, 0.6) is 5.88 Å². The minimum atomic E-state index is -0.0241. The Kier molecular flexibility index (Phi) is 5.58. The molecule has 0 saturated carbocycles. The van der Waals surface area contributed by atoms with Gasteiger partial charge in [0.05, 0.1) is 19.0 Å². The first-order chi connectivity index (χ1) is 10.2. The first-order valence-electron chi connectivity index (χ1n) is 6.72. The molecule has 0 aliphatic carbocycles. The van der Waals surface area contributed by atoms with Gasteiger partial charge in [-0.05, 0) is 36.6 Å². The number of carbonyl (C=O) groups is 1. The highest BCUT2D eigenvalue weighted by molar-refractivity contribution is 6.30. The van der Waals surface area contributed by atoms with Crippen LogP contribution in [-0.4, -0.2) is 18.0 Å². The van der Waals surface area contributed by atoms with E-state index in [4.69, 9.17) is 16.3 Å². The Hall–Kier alpha value is -2.07. The summed E-state index contributed by atoms with van der Waals surface area (Å²) in [6.45, 7) is 0. The highest BCUT2D eigenvalue weighted by Crippen LogP contribution is 2.14. The van der Waals surface area contributed by atoms with Crippen molar-refractivity contribution >= 4 is 23.2 Å². The summed E-state index contributed by atoms with van der Waals surface area (Å²) in [6, 6.07) is 11.2. The number of nitrogens with zero attached hydrogens (tertiary/aromatic N) is 1. The minimum Gasteiger partial charge on any atom is -0.481 e. The number of rotatable bonds is 6. The lowest BCUT2D eigenvalue weighted by atomic mass is 10.1. The van der Waals surface area contributed by atoms with Gasteiger partial charge in [-0.15, -0.1) is 0 Å². The fourth-order valence-electron chi connectivity index (χ4n) is 1.94. The summed E-state index contributed by atoms with van der Waals surface area (Å²) in [7, 11) is 1.55. The Morgan fingerprint density at radius 1 is 1.33 bits per heavy atom. The third-order valence-corrected chi connectivity index (χ3v) is 3.22. The number of benzene rings is 1. The summed E-state index contributed by atoms with van der Waals surface area (Å²) >= 11 is 5.92. The van der Waals surface area contributed by atoms with Crippen LogP contribution >= 0.6 is 11.6 Å². The molecule has 2 rings (SSSR count). The van der Waals surface area contributed by atoms with Gasteiger partial charge in [-0.3, -0.25) is 4.79 Å². The lowest BCUT2D eigenvalue weighted by Gasteiger charge is -2.06. The fourth-order valence-corrected chi connectivity index (χ4v) is 2.16. The van der Waals surface area contributed by atoms with Crippen LogP contribution in [0.15, 0.2) is 42.6 Å². The normalized spacial score (nSPS) is 10.2. The van der Waals surface area contributed by atoms with Crippen molar-refractivity contribution in [3.05, 3.63) is 53.2 Å². The maximum atomic E-state index is 11.8. The largest absolute Gasteiger partial charge is 0.481 e. The van der Waals surface area contributed by atoms with Gasteiger partial charge in [-0.2, -0.15) is 0 Å². The molecule has 0 aliphatic rings. The summed E-state index contributed by atoms with van der Waals surface area (Å²) in [5, 5.41) is 3.53. The summed E-state index contributed by atoms with van der Waals surface area (Å²) in [5.41, 5.74) is 1.81. The average Bonchev–Trinajstić information content (AvgIpc) is 2.48. The number of anilines is 1. The summed E-state index contributed by atoms with van der Waals surface area (Å²) in [4.78, 5) is 15.9. The number of aryl methyl sites for hydroxylation is 1. The highest BCUT2D eigenvalue weighted by atomic mass is 35.5. The molecule has 21 heavy (non-hydrogen) atoms. The molecule has 1 N–H and O–H groups in total. The first-order valence-corrected chi connectivity index (χ1v) is 7.09. The molecule has 4 nitrogen and oxygen atoms in total. The smallest absolute Gasteiger partial charge is 0.224 e. The number of aromatic nitrogens is 1. The molecule has 0 unspecified atom stereocenters. The van der Waals surface area contributed by atoms with Gasteiger partial charge >= 0.3 is 0 Å². The predicted octanol–water partition coefficient (Wildman–Crippen LogP) is 3.71. The van der Waals surface area contributed by atoms with Crippen molar-refractivity contribution < 1.29 is 9.53 Å². The van der Waals surface area contributed by atoms with Gasteiger partial charge in [-0.1, -0.05) is 23.7 Å². The van der Waals surface area contributed by atoms with E-state index in [0.717, 1.165) is 23.4 Å². The second-order valence-electron chi connectivity index (χ2n) is 4.62. The number of carbonyl (C=O) groups excluding carboxylic acids is 1. The molecule has 0 fully saturated rings. The maximum absolute atomic E-state index is 11.8. The van der Waals surface area contributed by atoms with Crippen LogP contribution in [0.3, 0.4) is 0 Å². The van der Waals surface area contributed by atoms with Gasteiger partial charge in [0, 0.05) is 17.5 Å². The SMILES string of the molecule is COc1ccc(NC(=O)CCCc2cccc(Cl)c2)cn1. The molecular weight excluding hydrogens is 288 g/mol. The van der Waals surface area contributed by atoms with Crippen molar-refractivity contribution in [2.45, 2.75) is 19.3 Å². The number of hydrogen-bond acceptors (Lipinski definition) is 3. The third-order valence-electron chi connectivity index (χ3n) is 2.99. The number of methoxy groups -OCH3 is 1. The summed E-state index contributed by atoms with van der Waals surface area (Å²) in [5.74, 6) is 0.498. The van der Waals surface area contributed by atoms with E-state index in [1.807, 2.05) is 24.3 Å². The molecule has 5 heteroatoms. The van der Waals surface area contributed by atoms with Crippen molar-refractivity contribution in [3.8, 4) is 5.88 Å². The summed E-state index contributed by atoms with van der Waals surface area (Å²) < 4.78 is 4.96. The Morgan fingerprint density at radius 2 is 2.19 bits per heavy atom. The number of halogens is 1. The second kappa shape index (κ2) is 7.64. The quantitative estimate of drug-likeness (QED) is 0.885. The van der Waals surface area contributed by atoms with Crippen LogP contribution in [0.2, 0.25) is 5.02 Å². The number of pyridine rings is 1. The van der Waals surface area contributed by atoms with Crippen LogP contribution < -0.4 is 10.1 Å². The second-order valence-corrected chi connectivity index (χ2v) is 5.06. The zero-order valence-electron chi connectivity index (χ0n) is 11.8. The zero-order chi connectivity index (χ0) is 15.1. The number of hydrogen-bond donors (Lipinski definition) is 1. The molecule has 1 heterocycles. The van der Waals surface area contributed by atoms with Gasteiger partial charge < -0.3 is 10.1 Å². The molecule has 2 aromatic rings. The third kappa shape index (κ3) is 5.08. The molecule has 0 radical (unpaired) electrons. The number of ether oxygens (including phenoxy) is 1. The van der Waals surface area contributed by atoms with Gasteiger partial charge in [0.15, 0.2) is 0 Å². The van der Waals surface area contributed by atoms with Gasteiger partial charge in [0.25, 0.3) is 0 Å². The first kappa shape index (κ1) is 15.3. The average molecular weight is 305 g/mol. The highest BCUT2D eigenvalue weighted by Gasteiger charge is 2.04. The van der Waals surface area contributed by atoms with E-state index in [-0.39, 0.29) is 5.91 Å². The lowest BCUT2D eigenvalue weighted by Crippen LogP contribution is -2.11. The van der Waals surface area contributed by atoms with Crippen molar-refractivity contribution in [2.75, 3.05) is 12.4 Å². The molecule has 0 atom stereocenters. The Morgan fingerprint density at radius 3 is 2.86 bits per heavy atom. The molecule has 0 spiro atoms.